The van der Waals surface area contributed by atoms with Crippen LogP contribution in [0.25, 0.3) is 0 Å². The van der Waals surface area contributed by atoms with Crippen LogP contribution in [0.2, 0.25) is 5.02 Å². The van der Waals surface area contributed by atoms with Crippen LogP contribution < -0.4 is 14.4 Å². The number of hydrogen-bond acceptors (Lipinski definition) is 8. The molecule has 3 aromatic rings. The molecule has 0 fully saturated rings. The van der Waals surface area contributed by atoms with Crippen LogP contribution in [-0.4, -0.2) is 61.3 Å². The van der Waals surface area contributed by atoms with Gasteiger partial charge in [0.25, 0.3) is 5.91 Å². The number of rotatable bonds is 11. The SMILES string of the molecule is COc1cccc([C@H]2O[C@H](CC(=O)c3ccc(CC(=O)O)s3)C(=O)N(CC(C)(C)CO)c3ccc(Cl)cc32)c1OC. The molecular weight excluding hydrogens is 570 g/mol. The number of hydrogen-bond donors (Lipinski definition) is 2. The Bertz CT molecular complexity index is 1450. The predicted octanol–water partition coefficient (Wildman–Crippen LogP) is 5.16. The molecule has 11 heteroatoms. The number of carbonyl (C=O) groups excluding carboxylic acids is 2. The minimum absolute atomic E-state index is 0.148. The summed E-state index contributed by atoms with van der Waals surface area (Å²) in [6.07, 6.45) is -2.57. The molecule has 1 aromatic heterocycles. The number of para-hydroxylation sites is 1. The standard InChI is InChI=1S/C30H32ClNO8S/c1-30(2,16-33)15-32-21-10-8-17(31)12-20(21)27(19-6-5-7-23(38-3)28(19)39-4)40-24(29(32)37)14-22(34)25-11-9-18(41-25)13-26(35)36/h5-12,24,27,33H,13-16H2,1-4H3,(H,35,36)/t24-,27-/m1/s1. The molecule has 0 unspecified atom stereocenters. The molecule has 0 radical (unpaired) electrons. The van der Waals surface area contributed by atoms with E-state index < -0.39 is 29.5 Å². The van der Waals surface area contributed by atoms with Gasteiger partial charge in [-0.1, -0.05) is 37.6 Å². The predicted molar refractivity (Wildman–Crippen MR) is 156 cm³/mol. The fourth-order valence-corrected chi connectivity index (χ4v) is 5.87. The zero-order chi connectivity index (χ0) is 29.9. The van der Waals surface area contributed by atoms with Gasteiger partial charge in [0.15, 0.2) is 17.3 Å². The highest BCUT2D eigenvalue weighted by Gasteiger charge is 2.41. The molecule has 0 saturated carbocycles. The van der Waals surface area contributed by atoms with E-state index in [-0.39, 0.29) is 31.8 Å². The number of methoxy groups -OCH3 is 2. The summed E-state index contributed by atoms with van der Waals surface area (Å²) in [6, 6.07) is 13.6. The number of thiophene rings is 1. The van der Waals surface area contributed by atoms with Crippen LogP contribution in [0, 0.1) is 5.41 Å². The Hall–Kier alpha value is -3.44. The van der Waals surface area contributed by atoms with E-state index in [4.69, 9.17) is 30.9 Å². The van der Waals surface area contributed by atoms with Gasteiger partial charge in [0.2, 0.25) is 0 Å². The summed E-state index contributed by atoms with van der Waals surface area (Å²) in [5.41, 5.74) is 1.02. The number of aliphatic hydroxyl groups excluding tert-OH is 1. The average molecular weight is 602 g/mol. The monoisotopic (exact) mass is 601 g/mol. The van der Waals surface area contributed by atoms with Crippen molar-refractivity contribution in [3.05, 3.63) is 74.4 Å². The zero-order valence-corrected chi connectivity index (χ0v) is 24.8. The second kappa shape index (κ2) is 12.6. The van der Waals surface area contributed by atoms with Crippen molar-refractivity contribution in [3.63, 3.8) is 0 Å². The van der Waals surface area contributed by atoms with Gasteiger partial charge >= 0.3 is 5.97 Å². The van der Waals surface area contributed by atoms with Gasteiger partial charge in [-0.2, -0.15) is 0 Å². The van der Waals surface area contributed by atoms with Crippen LogP contribution in [0.15, 0.2) is 48.5 Å². The Morgan fingerprint density at radius 2 is 1.85 bits per heavy atom. The van der Waals surface area contributed by atoms with E-state index >= 15 is 0 Å². The number of amides is 1. The van der Waals surface area contributed by atoms with Crippen LogP contribution in [0.1, 0.15) is 52.0 Å². The molecule has 41 heavy (non-hydrogen) atoms. The molecule has 2 aromatic carbocycles. The van der Waals surface area contributed by atoms with Gasteiger partial charge in [-0.15, -0.1) is 11.3 Å². The van der Waals surface area contributed by atoms with E-state index in [1.54, 1.807) is 48.5 Å². The third-order valence-electron chi connectivity index (χ3n) is 6.77. The van der Waals surface area contributed by atoms with Crippen molar-refractivity contribution < 1.29 is 38.8 Å². The van der Waals surface area contributed by atoms with Crippen molar-refractivity contribution in [1.29, 1.82) is 0 Å². The van der Waals surface area contributed by atoms with Crippen LogP contribution >= 0.6 is 22.9 Å². The first-order chi connectivity index (χ1) is 19.5. The van der Waals surface area contributed by atoms with Crippen molar-refractivity contribution in [2.45, 2.75) is 38.9 Å². The second-order valence-electron chi connectivity index (χ2n) is 10.5. The molecule has 2 atom stereocenters. The number of benzene rings is 2. The molecule has 218 valence electrons. The second-order valence-corrected chi connectivity index (χ2v) is 12.1. The van der Waals surface area contributed by atoms with Gasteiger partial charge in [0.1, 0.15) is 12.2 Å². The largest absolute Gasteiger partial charge is 0.493 e. The van der Waals surface area contributed by atoms with Crippen molar-refractivity contribution in [2.24, 2.45) is 5.41 Å². The summed E-state index contributed by atoms with van der Waals surface area (Å²) in [5, 5.41) is 19.6. The summed E-state index contributed by atoms with van der Waals surface area (Å²) in [6.45, 7) is 3.63. The minimum Gasteiger partial charge on any atom is -0.493 e. The van der Waals surface area contributed by atoms with Crippen LogP contribution in [-0.2, 0) is 20.7 Å². The Balaban J connectivity index is 1.84. The van der Waals surface area contributed by atoms with Gasteiger partial charge in [-0.25, -0.2) is 0 Å². The van der Waals surface area contributed by atoms with E-state index in [0.29, 0.717) is 43.1 Å². The summed E-state index contributed by atoms with van der Waals surface area (Å²) >= 11 is 7.53. The molecule has 0 aliphatic carbocycles. The van der Waals surface area contributed by atoms with Crippen molar-refractivity contribution in [3.8, 4) is 11.5 Å². The number of ether oxygens (including phenoxy) is 3. The molecule has 1 aliphatic heterocycles. The Labute approximate surface area is 247 Å². The van der Waals surface area contributed by atoms with E-state index in [1.807, 2.05) is 13.8 Å². The Morgan fingerprint density at radius 3 is 2.51 bits per heavy atom. The lowest BCUT2D eigenvalue weighted by molar-refractivity contribution is -0.136. The molecule has 4 rings (SSSR count). The van der Waals surface area contributed by atoms with Gasteiger partial charge in [0.05, 0.1) is 25.5 Å². The number of anilines is 1. The van der Waals surface area contributed by atoms with Crippen LogP contribution in [0.3, 0.4) is 0 Å². The molecule has 0 bridgehead atoms. The highest BCUT2D eigenvalue weighted by Crippen LogP contribution is 2.45. The van der Waals surface area contributed by atoms with Gasteiger partial charge < -0.3 is 29.3 Å². The number of aliphatic hydroxyl groups is 1. The quantitative estimate of drug-likeness (QED) is 0.289. The summed E-state index contributed by atoms with van der Waals surface area (Å²) in [4.78, 5) is 41.1. The Morgan fingerprint density at radius 1 is 1.10 bits per heavy atom. The highest BCUT2D eigenvalue weighted by atomic mass is 35.5. The lowest BCUT2D eigenvalue weighted by Crippen LogP contribution is -2.45. The Kier molecular flexibility index (Phi) is 9.38. The number of carboxylic acids is 1. The molecule has 0 spiro atoms. The van der Waals surface area contributed by atoms with E-state index in [9.17, 15) is 19.5 Å². The fraction of sp³-hybridized carbons (Fsp3) is 0.367. The van der Waals surface area contributed by atoms with Crippen LogP contribution in [0.4, 0.5) is 5.69 Å². The normalized spacial score (nSPS) is 17.1. The molecule has 1 amide bonds. The third kappa shape index (κ3) is 6.73. The first-order valence-corrected chi connectivity index (χ1v) is 14.1. The fourth-order valence-electron chi connectivity index (χ4n) is 4.75. The maximum atomic E-state index is 14.2. The topological polar surface area (TPSA) is 123 Å². The minimum atomic E-state index is -1.21. The number of nitrogens with zero attached hydrogens (tertiary/aromatic N) is 1. The highest BCUT2D eigenvalue weighted by molar-refractivity contribution is 7.14. The number of fused-ring (bicyclic) bond motifs is 1. The van der Waals surface area contributed by atoms with Gasteiger partial charge in [-0.3, -0.25) is 14.4 Å². The van der Waals surface area contributed by atoms with Crippen LogP contribution in [0.5, 0.6) is 11.5 Å². The number of carboxylic acid groups (broad SMARTS) is 1. The van der Waals surface area contributed by atoms with E-state index in [0.717, 1.165) is 11.3 Å². The smallest absolute Gasteiger partial charge is 0.308 e. The van der Waals surface area contributed by atoms with Gasteiger partial charge in [0, 0.05) is 51.7 Å². The summed E-state index contributed by atoms with van der Waals surface area (Å²) in [7, 11) is 3.02. The number of halogens is 1. The van der Waals surface area contributed by atoms with E-state index in [1.165, 1.54) is 19.1 Å². The van der Waals surface area contributed by atoms with Crippen molar-refractivity contribution in [2.75, 3.05) is 32.3 Å². The first kappa shape index (κ1) is 30.5. The molecule has 2 heterocycles. The summed E-state index contributed by atoms with van der Waals surface area (Å²) < 4.78 is 17.7. The number of carbonyl (C=O) groups is 3. The lowest BCUT2D eigenvalue weighted by Gasteiger charge is -2.32. The maximum Gasteiger partial charge on any atom is 0.308 e. The van der Waals surface area contributed by atoms with E-state index in [2.05, 4.69) is 0 Å². The molecule has 0 saturated heterocycles. The lowest BCUT2D eigenvalue weighted by atomic mass is 9.92. The first-order valence-electron chi connectivity index (χ1n) is 12.9. The number of ketones is 1. The molecular formula is C30H32ClNO8S. The molecule has 2 N–H and O–H groups in total. The van der Waals surface area contributed by atoms with Crippen molar-refractivity contribution in [1.82, 2.24) is 0 Å². The number of Topliss-reactive ketones (excluding diaryl/α,β-unsaturated/α-hetero) is 1. The van der Waals surface area contributed by atoms with Crippen molar-refractivity contribution >= 4 is 46.3 Å². The molecule has 9 nitrogen and oxygen atoms in total. The number of aliphatic carboxylic acids is 1. The zero-order valence-electron chi connectivity index (χ0n) is 23.2. The maximum absolute atomic E-state index is 14.2. The molecule has 1 aliphatic rings. The average Bonchev–Trinajstić information content (AvgIpc) is 3.37. The summed E-state index contributed by atoms with van der Waals surface area (Å²) in [5.74, 6) is -0.934. The third-order valence-corrected chi connectivity index (χ3v) is 8.13. The van der Waals surface area contributed by atoms with Gasteiger partial charge in [-0.05, 0) is 36.4 Å².